The van der Waals surface area contributed by atoms with E-state index < -0.39 is 29.3 Å². The summed E-state index contributed by atoms with van der Waals surface area (Å²) in [5.41, 5.74) is 4.89. The van der Waals surface area contributed by atoms with Crippen molar-refractivity contribution in [2.24, 2.45) is 5.73 Å². The van der Waals surface area contributed by atoms with Crippen molar-refractivity contribution in [3.63, 3.8) is 0 Å². The molecule has 2 N–H and O–H groups in total. The number of carbonyl (C=O) groups is 2. The zero-order valence-electron chi connectivity index (χ0n) is 10.9. The highest BCUT2D eigenvalue weighted by atomic mass is 19.2. The number of hydrogen-bond donors (Lipinski definition) is 1. The lowest BCUT2D eigenvalue weighted by Gasteiger charge is -2.31. The maximum absolute atomic E-state index is 13.1. The van der Waals surface area contributed by atoms with Crippen LogP contribution >= 0.6 is 0 Å². The first kappa shape index (κ1) is 15.1. The largest absolute Gasteiger partial charge is 0.490 e. The molecule has 1 aliphatic heterocycles. The predicted octanol–water partition coefficient (Wildman–Crippen LogP) is 0.959. The van der Waals surface area contributed by atoms with E-state index in [1.807, 2.05) is 0 Å². The summed E-state index contributed by atoms with van der Waals surface area (Å²) >= 11 is 0. The lowest BCUT2D eigenvalue weighted by molar-refractivity contribution is -0.145. The van der Waals surface area contributed by atoms with Crippen molar-refractivity contribution in [3.8, 4) is 5.75 Å². The first-order chi connectivity index (χ1) is 9.88. The summed E-state index contributed by atoms with van der Waals surface area (Å²) < 4.78 is 44.3. The quantitative estimate of drug-likeness (QED) is 0.653. The van der Waals surface area contributed by atoms with Crippen LogP contribution in [0.5, 0.6) is 5.75 Å². The van der Waals surface area contributed by atoms with Gasteiger partial charge in [0.25, 0.3) is 0 Å². The van der Waals surface area contributed by atoms with Crippen LogP contribution in [-0.2, 0) is 9.59 Å². The third kappa shape index (κ3) is 3.45. The molecule has 1 aromatic rings. The minimum Gasteiger partial charge on any atom is -0.490 e. The molecule has 21 heavy (non-hydrogen) atoms. The van der Waals surface area contributed by atoms with E-state index in [1.54, 1.807) is 0 Å². The van der Waals surface area contributed by atoms with Crippen LogP contribution in [0.15, 0.2) is 12.1 Å². The Morgan fingerprint density at radius 1 is 1.14 bits per heavy atom. The number of benzene rings is 1. The fourth-order valence-corrected chi connectivity index (χ4v) is 2.13. The molecule has 8 heteroatoms. The monoisotopic (exact) mass is 302 g/mol. The fraction of sp³-hybridized carbons (Fsp3) is 0.385. The number of nitrogens with two attached hydrogens (primary N) is 1. The van der Waals surface area contributed by atoms with Gasteiger partial charge in [-0.05, 0) is 0 Å². The molecule has 1 saturated heterocycles. The average Bonchev–Trinajstić information content (AvgIpc) is 2.44. The zero-order chi connectivity index (χ0) is 15.6. The topological polar surface area (TPSA) is 72.6 Å². The van der Waals surface area contributed by atoms with E-state index in [4.69, 9.17) is 10.5 Å². The molecular weight excluding hydrogens is 289 g/mol. The molecule has 1 heterocycles. The standard InChI is InChI=1S/C13H13F3N2O3/c14-9-5-8(6-10(15)11(9)16)21-7-1-3-18(4-2-7)13(20)12(17)19/h5-7H,1-4H2,(H2,17,19). The molecule has 2 rings (SSSR count). The Balaban J connectivity index is 1.95. The molecule has 0 atom stereocenters. The number of halogens is 3. The summed E-state index contributed by atoms with van der Waals surface area (Å²) in [5, 5.41) is 0. The van der Waals surface area contributed by atoms with Gasteiger partial charge in [0.2, 0.25) is 0 Å². The molecule has 0 radical (unpaired) electrons. The maximum atomic E-state index is 13.1. The van der Waals surface area contributed by atoms with Gasteiger partial charge in [0.05, 0.1) is 0 Å². The second-order valence-electron chi connectivity index (χ2n) is 4.67. The summed E-state index contributed by atoms with van der Waals surface area (Å²) in [6.07, 6.45) is 0.366. The van der Waals surface area contributed by atoms with Gasteiger partial charge in [0.1, 0.15) is 11.9 Å². The lowest BCUT2D eigenvalue weighted by Crippen LogP contribution is -2.46. The van der Waals surface area contributed by atoms with E-state index >= 15 is 0 Å². The van der Waals surface area contributed by atoms with E-state index in [1.165, 1.54) is 4.90 Å². The Bertz CT molecular complexity index is 549. The van der Waals surface area contributed by atoms with Gasteiger partial charge in [-0.25, -0.2) is 13.2 Å². The smallest absolute Gasteiger partial charge is 0.311 e. The minimum absolute atomic E-state index is 0.119. The van der Waals surface area contributed by atoms with E-state index in [9.17, 15) is 22.8 Å². The molecule has 114 valence electrons. The molecule has 0 saturated carbocycles. The Kier molecular flexibility index (Phi) is 4.35. The zero-order valence-corrected chi connectivity index (χ0v) is 10.9. The summed E-state index contributed by atoms with van der Waals surface area (Å²) in [6.45, 7) is 0.497. The average molecular weight is 302 g/mol. The van der Waals surface area contributed by atoms with Gasteiger partial charge in [-0.2, -0.15) is 0 Å². The molecule has 5 nitrogen and oxygen atoms in total. The van der Waals surface area contributed by atoms with Gasteiger partial charge >= 0.3 is 11.8 Å². The van der Waals surface area contributed by atoms with Crippen molar-refractivity contribution >= 4 is 11.8 Å². The summed E-state index contributed by atoms with van der Waals surface area (Å²) in [5.74, 6) is -6.13. The number of hydrogen-bond acceptors (Lipinski definition) is 3. The van der Waals surface area contributed by atoms with Gasteiger partial charge in [0.15, 0.2) is 17.5 Å². The van der Waals surface area contributed by atoms with Crippen LogP contribution in [0.4, 0.5) is 13.2 Å². The van der Waals surface area contributed by atoms with Crippen molar-refractivity contribution in [2.75, 3.05) is 13.1 Å². The van der Waals surface area contributed by atoms with Gasteiger partial charge < -0.3 is 15.4 Å². The number of primary amides is 1. The Labute approximate surface area is 118 Å². The van der Waals surface area contributed by atoms with E-state index in [-0.39, 0.29) is 24.9 Å². The van der Waals surface area contributed by atoms with Gasteiger partial charge in [-0.1, -0.05) is 0 Å². The number of amides is 2. The van der Waals surface area contributed by atoms with Crippen molar-refractivity contribution in [1.29, 1.82) is 0 Å². The summed E-state index contributed by atoms with van der Waals surface area (Å²) in [7, 11) is 0. The van der Waals surface area contributed by atoms with Crippen molar-refractivity contribution in [3.05, 3.63) is 29.6 Å². The second kappa shape index (κ2) is 6.02. The fourth-order valence-electron chi connectivity index (χ4n) is 2.13. The maximum Gasteiger partial charge on any atom is 0.311 e. The molecule has 0 unspecified atom stereocenters. The Morgan fingerprint density at radius 3 is 2.14 bits per heavy atom. The Morgan fingerprint density at radius 2 is 1.67 bits per heavy atom. The van der Waals surface area contributed by atoms with E-state index in [0.29, 0.717) is 12.8 Å². The first-order valence-electron chi connectivity index (χ1n) is 6.28. The number of ether oxygens (including phenoxy) is 1. The van der Waals surface area contributed by atoms with E-state index in [2.05, 4.69) is 0 Å². The van der Waals surface area contributed by atoms with Crippen molar-refractivity contribution in [1.82, 2.24) is 4.90 Å². The van der Waals surface area contributed by atoms with Crippen molar-refractivity contribution in [2.45, 2.75) is 18.9 Å². The van der Waals surface area contributed by atoms with Crippen LogP contribution < -0.4 is 10.5 Å². The van der Waals surface area contributed by atoms with Gasteiger partial charge in [0, 0.05) is 38.1 Å². The number of carbonyl (C=O) groups excluding carboxylic acids is 2. The molecule has 1 aliphatic rings. The van der Waals surface area contributed by atoms with Gasteiger partial charge in [-0.3, -0.25) is 9.59 Å². The molecule has 2 amide bonds. The van der Waals surface area contributed by atoms with Crippen LogP contribution in [0, 0.1) is 17.5 Å². The highest BCUT2D eigenvalue weighted by Crippen LogP contribution is 2.23. The number of likely N-dealkylation sites (tertiary alicyclic amines) is 1. The van der Waals surface area contributed by atoms with Gasteiger partial charge in [-0.15, -0.1) is 0 Å². The number of rotatable bonds is 2. The van der Waals surface area contributed by atoms with Crippen LogP contribution in [0.1, 0.15) is 12.8 Å². The molecular formula is C13H13F3N2O3. The second-order valence-corrected chi connectivity index (χ2v) is 4.67. The van der Waals surface area contributed by atoms with E-state index in [0.717, 1.165) is 12.1 Å². The highest BCUT2D eigenvalue weighted by Gasteiger charge is 2.26. The molecule has 0 aromatic heterocycles. The number of piperidine rings is 1. The Hall–Kier alpha value is -2.25. The number of nitrogens with zero attached hydrogens (tertiary/aromatic N) is 1. The van der Waals surface area contributed by atoms with Crippen LogP contribution in [0.3, 0.4) is 0 Å². The summed E-state index contributed by atoms with van der Waals surface area (Å²) in [6, 6.07) is 1.53. The van der Waals surface area contributed by atoms with Crippen LogP contribution in [-0.4, -0.2) is 35.9 Å². The van der Waals surface area contributed by atoms with Crippen LogP contribution in [0.25, 0.3) is 0 Å². The normalized spacial score (nSPS) is 15.9. The third-order valence-electron chi connectivity index (χ3n) is 3.20. The molecule has 0 aliphatic carbocycles. The molecule has 0 bridgehead atoms. The first-order valence-corrected chi connectivity index (χ1v) is 6.28. The minimum atomic E-state index is -1.55. The summed E-state index contributed by atoms with van der Waals surface area (Å²) in [4.78, 5) is 23.4. The predicted molar refractivity (Wildman–Crippen MR) is 65.7 cm³/mol. The van der Waals surface area contributed by atoms with Crippen molar-refractivity contribution < 1.29 is 27.5 Å². The highest BCUT2D eigenvalue weighted by molar-refractivity contribution is 6.34. The SMILES string of the molecule is NC(=O)C(=O)N1CCC(Oc2cc(F)c(F)c(F)c2)CC1. The van der Waals surface area contributed by atoms with Crippen LogP contribution in [0.2, 0.25) is 0 Å². The molecule has 0 spiro atoms. The molecule has 1 aromatic carbocycles. The molecule has 1 fully saturated rings. The third-order valence-corrected chi connectivity index (χ3v) is 3.20. The lowest BCUT2D eigenvalue weighted by atomic mass is 10.1.